The highest BCUT2D eigenvalue weighted by Crippen LogP contribution is 2.17. The maximum atomic E-state index is 12.8. The maximum Gasteiger partial charge on any atom is 0.317 e. The van der Waals surface area contributed by atoms with Gasteiger partial charge < -0.3 is 25.0 Å². The Morgan fingerprint density at radius 1 is 0.897 bits per heavy atom. The number of amides is 4. The van der Waals surface area contributed by atoms with Crippen LogP contribution in [0.2, 0.25) is 0 Å². The molecule has 1 aromatic carbocycles. The minimum Gasteiger partial charge on any atom is -0.351 e. The molecule has 154 valence electrons. The number of urea groups is 1. The number of H-pyrrole nitrogens is 1. The summed E-state index contributed by atoms with van der Waals surface area (Å²) in [5, 5.41) is 3.84. The highest BCUT2D eigenvalue weighted by molar-refractivity contribution is 5.98. The Morgan fingerprint density at radius 2 is 1.59 bits per heavy atom. The van der Waals surface area contributed by atoms with Gasteiger partial charge >= 0.3 is 6.03 Å². The van der Waals surface area contributed by atoms with Crippen LogP contribution in [0.15, 0.2) is 30.3 Å². The van der Waals surface area contributed by atoms with Gasteiger partial charge in [0.1, 0.15) is 5.69 Å². The third-order valence-corrected chi connectivity index (χ3v) is 5.69. The molecule has 0 spiro atoms. The third kappa shape index (κ3) is 4.36. The van der Waals surface area contributed by atoms with Crippen LogP contribution < -0.4 is 5.32 Å². The number of likely N-dealkylation sites (tertiary alicyclic amines) is 1. The van der Waals surface area contributed by atoms with Crippen molar-refractivity contribution < 1.29 is 14.4 Å². The predicted octanol–water partition coefficient (Wildman–Crippen LogP) is 1.65. The molecule has 2 aliphatic rings. The van der Waals surface area contributed by atoms with E-state index in [2.05, 4.69) is 10.3 Å². The minimum absolute atomic E-state index is 0.0440. The number of hydrogen-bond donors (Lipinski definition) is 2. The zero-order valence-electron chi connectivity index (χ0n) is 16.5. The molecule has 0 radical (unpaired) electrons. The number of hydrogen-bond acceptors (Lipinski definition) is 3. The van der Waals surface area contributed by atoms with E-state index < -0.39 is 0 Å². The van der Waals surface area contributed by atoms with Crippen molar-refractivity contribution >= 4 is 28.7 Å². The molecule has 0 atom stereocenters. The molecule has 2 aromatic rings. The zero-order valence-corrected chi connectivity index (χ0v) is 16.5. The lowest BCUT2D eigenvalue weighted by Gasteiger charge is -2.34. The monoisotopic (exact) mass is 397 g/mol. The van der Waals surface area contributed by atoms with Crippen molar-refractivity contribution in [2.75, 3.05) is 45.8 Å². The van der Waals surface area contributed by atoms with Crippen molar-refractivity contribution in [3.05, 3.63) is 36.0 Å². The number of nitrogens with zero attached hydrogens (tertiary/aromatic N) is 3. The summed E-state index contributed by atoms with van der Waals surface area (Å²) in [7, 11) is 0. The van der Waals surface area contributed by atoms with Crippen LogP contribution in [-0.4, -0.2) is 83.3 Å². The van der Waals surface area contributed by atoms with Crippen molar-refractivity contribution in [3.8, 4) is 0 Å². The number of para-hydroxylation sites is 1. The lowest BCUT2D eigenvalue weighted by Crippen LogP contribution is -2.53. The lowest BCUT2D eigenvalue weighted by atomic mass is 10.2. The fourth-order valence-corrected chi connectivity index (χ4v) is 3.98. The first-order valence-corrected chi connectivity index (χ1v) is 10.3. The fraction of sp³-hybridized carbons (Fsp3) is 0.476. The van der Waals surface area contributed by atoms with Crippen molar-refractivity contribution in [2.24, 2.45) is 0 Å². The van der Waals surface area contributed by atoms with E-state index in [1.165, 1.54) is 0 Å². The van der Waals surface area contributed by atoms with Crippen molar-refractivity contribution in [1.29, 1.82) is 0 Å². The van der Waals surface area contributed by atoms with Gasteiger partial charge in [-0.3, -0.25) is 9.59 Å². The molecule has 0 unspecified atom stereocenters. The Balaban J connectivity index is 1.22. The maximum absolute atomic E-state index is 12.8. The predicted molar refractivity (Wildman–Crippen MR) is 110 cm³/mol. The molecule has 4 amide bonds. The van der Waals surface area contributed by atoms with E-state index in [1.807, 2.05) is 35.2 Å². The van der Waals surface area contributed by atoms with Gasteiger partial charge in [-0.1, -0.05) is 18.2 Å². The summed E-state index contributed by atoms with van der Waals surface area (Å²) in [6, 6.07) is 9.50. The quantitative estimate of drug-likeness (QED) is 0.822. The van der Waals surface area contributed by atoms with Crippen LogP contribution in [0.1, 0.15) is 29.8 Å². The molecule has 2 N–H and O–H groups in total. The van der Waals surface area contributed by atoms with E-state index in [0.717, 1.165) is 36.8 Å². The highest BCUT2D eigenvalue weighted by Gasteiger charge is 2.26. The Morgan fingerprint density at radius 3 is 2.31 bits per heavy atom. The summed E-state index contributed by atoms with van der Waals surface area (Å²) >= 11 is 0. The number of carbonyl (C=O) groups excluding carboxylic acids is 3. The summed E-state index contributed by atoms with van der Waals surface area (Å²) in [6.07, 6.45) is 2.48. The summed E-state index contributed by atoms with van der Waals surface area (Å²) in [5.41, 5.74) is 1.52. The first-order chi connectivity index (χ1) is 14.1. The molecular weight excluding hydrogens is 370 g/mol. The van der Waals surface area contributed by atoms with E-state index in [4.69, 9.17) is 0 Å². The number of fused-ring (bicyclic) bond motifs is 1. The molecule has 8 nitrogen and oxygen atoms in total. The van der Waals surface area contributed by atoms with Crippen LogP contribution in [0.25, 0.3) is 10.9 Å². The number of rotatable bonds is 4. The summed E-state index contributed by atoms with van der Waals surface area (Å²) in [4.78, 5) is 45.6. The largest absolute Gasteiger partial charge is 0.351 e. The second-order valence-corrected chi connectivity index (χ2v) is 7.62. The second-order valence-electron chi connectivity index (χ2n) is 7.62. The second kappa shape index (κ2) is 8.55. The van der Waals surface area contributed by atoms with E-state index in [9.17, 15) is 14.4 Å². The molecule has 3 heterocycles. The summed E-state index contributed by atoms with van der Waals surface area (Å²) < 4.78 is 0. The van der Waals surface area contributed by atoms with Gasteiger partial charge in [0.05, 0.1) is 0 Å². The van der Waals surface area contributed by atoms with Crippen LogP contribution in [0, 0.1) is 0 Å². The first kappa shape index (κ1) is 19.3. The molecule has 2 fully saturated rings. The average molecular weight is 397 g/mol. The number of nitrogens with one attached hydrogen (secondary N) is 2. The first-order valence-electron chi connectivity index (χ1n) is 10.3. The van der Waals surface area contributed by atoms with Gasteiger partial charge in [0.25, 0.3) is 5.91 Å². The van der Waals surface area contributed by atoms with Gasteiger partial charge in [0.2, 0.25) is 5.91 Å². The zero-order chi connectivity index (χ0) is 20.2. The fourth-order valence-electron chi connectivity index (χ4n) is 3.98. The molecule has 0 aliphatic carbocycles. The van der Waals surface area contributed by atoms with Gasteiger partial charge in [0.15, 0.2) is 0 Å². The molecule has 2 aliphatic heterocycles. The number of aromatic nitrogens is 1. The van der Waals surface area contributed by atoms with E-state index in [-0.39, 0.29) is 17.8 Å². The third-order valence-electron chi connectivity index (χ3n) is 5.69. The van der Waals surface area contributed by atoms with Crippen LogP contribution in [0.5, 0.6) is 0 Å². The minimum atomic E-state index is -0.170. The van der Waals surface area contributed by atoms with Crippen molar-refractivity contribution in [1.82, 2.24) is 25.0 Å². The van der Waals surface area contributed by atoms with Crippen molar-refractivity contribution in [2.45, 2.75) is 19.3 Å². The summed E-state index contributed by atoms with van der Waals surface area (Å²) in [5.74, 6) is 0.0639. The smallest absolute Gasteiger partial charge is 0.317 e. The van der Waals surface area contributed by atoms with E-state index in [0.29, 0.717) is 44.8 Å². The normalized spacial score (nSPS) is 17.0. The molecule has 2 saturated heterocycles. The standard InChI is InChI=1S/C21H27N5O3/c27-19(24-9-3-4-10-24)7-8-22-21(29)26-13-11-25(12-14-26)20(28)18-15-16-5-1-2-6-17(16)23-18/h1-2,5-6,15,23H,3-4,7-14H2,(H,22,29). The topological polar surface area (TPSA) is 88.7 Å². The van der Waals surface area contributed by atoms with Crippen LogP contribution >= 0.6 is 0 Å². The van der Waals surface area contributed by atoms with Gasteiger partial charge in [-0.15, -0.1) is 0 Å². The SMILES string of the molecule is O=C(CCNC(=O)N1CCN(C(=O)c2cc3ccccc3[nH]2)CC1)N1CCCC1. The van der Waals surface area contributed by atoms with Crippen LogP contribution in [-0.2, 0) is 4.79 Å². The molecule has 0 saturated carbocycles. The Kier molecular flexibility index (Phi) is 5.69. The summed E-state index contributed by atoms with van der Waals surface area (Å²) in [6.45, 7) is 3.97. The van der Waals surface area contributed by atoms with Crippen LogP contribution in [0.3, 0.4) is 0 Å². The number of benzene rings is 1. The van der Waals surface area contributed by atoms with Gasteiger partial charge in [-0.2, -0.15) is 0 Å². The van der Waals surface area contributed by atoms with Crippen LogP contribution in [0.4, 0.5) is 4.79 Å². The highest BCUT2D eigenvalue weighted by atomic mass is 16.2. The van der Waals surface area contributed by atoms with Gasteiger partial charge in [-0.25, -0.2) is 4.79 Å². The molecule has 1 aromatic heterocycles. The Labute approximate surface area is 169 Å². The molecular formula is C21H27N5O3. The van der Waals surface area contributed by atoms with Gasteiger partial charge in [0, 0.05) is 63.1 Å². The van der Waals surface area contributed by atoms with E-state index >= 15 is 0 Å². The number of aromatic amines is 1. The molecule has 8 heteroatoms. The molecule has 4 rings (SSSR count). The molecule has 29 heavy (non-hydrogen) atoms. The number of piperazine rings is 1. The van der Waals surface area contributed by atoms with E-state index in [1.54, 1.807) is 9.80 Å². The average Bonchev–Trinajstić information content (AvgIpc) is 3.43. The van der Waals surface area contributed by atoms with Gasteiger partial charge in [-0.05, 0) is 25.0 Å². The number of carbonyl (C=O) groups is 3. The Bertz CT molecular complexity index is 862. The lowest BCUT2D eigenvalue weighted by molar-refractivity contribution is -0.129. The molecule has 0 bridgehead atoms. The van der Waals surface area contributed by atoms with Crippen molar-refractivity contribution in [3.63, 3.8) is 0 Å². The Hall–Kier alpha value is -3.03.